The number of nitrogens with zero attached hydrogens (tertiary/aromatic N) is 2. The molecule has 0 aromatic heterocycles. The van der Waals surface area contributed by atoms with Gasteiger partial charge < -0.3 is 20.6 Å². The number of hydrogen-bond donors (Lipinski definition) is 3. The number of nitrogens with one attached hydrogen (secondary N) is 2. The Morgan fingerprint density at radius 1 is 1.20 bits per heavy atom. The monoisotopic (exact) mass is 282 g/mol. The fourth-order valence-electron chi connectivity index (χ4n) is 2.65. The van der Waals surface area contributed by atoms with Crippen molar-refractivity contribution in [1.82, 2.24) is 15.5 Å². The first-order chi connectivity index (χ1) is 9.78. The molecule has 2 rings (SSSR count). The van der Waals surface area contributed by atoms with Crippen molar-refractivity contribution in [1.29, 1.82) is 0 Å². The highest BCUT2D eigenvalue weighted by Gasteiger charge is 2.41. The highest BCUT2D eigenvalue weighted by atomic mass is 16.3. The summed E-state index contributed by atoms with van der Waals surface area (Å²) in [6.45, 7) is 8.48. The largest absolute Gasteiger partial charge is 0.396 e. The van der Waals surface area contributed by atoms with E-state index in [-0.39, 0.29) is 12.0 Å². The van der Waals surface area contributed by atoms with Gasteiger partial charge in [0.05, 0.1) is 13.2 Å². The Labute approximate surface area is 122 Å². The molecule has 1 saturated heterocycles. The summed E-state index contributed by atoms with van der Waals surface area (Å²) in [7, 11) is 0. The van der Waals surface area contributed by atoms with Gasteiger partial charge in [-0.15, -0.1) is 0 Å². The summed E-state index contributed by atoms with van der Waals surface area (Å²) in [4.78, 5) is 7.14. The molecule has 1 heterocycles. The SMILES string of the molecule is CCNC(=NCC1(CO)CC1)NCCN1CCCCC1. The lowest BCUT2D eigenvalue weighted by atomic mass is 10.1. The second-order valence-corrected chi connectivity index (χ2v) is 6.18. The maximum absolute atomic E-state index is 9.33. The van der Waals surface area contributed by atoms with Crippen LogP contribution in [-0.2, 0) is 0 Å². The Morgan fingerprint density at radius 3 is 2.55 bits per heavy atom. The van der Waals surface area contributed by atoms with Gasteiger partial charge in [0, 0.05) is 25.0 Å². The Morgan fingerprint density at radius 2 is 1.95 bits per heavy atom. The predicted octanol–water partition coefficient (Wildman–Crippen LogP) is 0.800. The molecule has 116 valence electrons. The average Bonchev–Trinajstić information content (AvgIpc) is 3.26. The van der Waals surface area contributed by atoms with Crippen LogP contribution in [0.1, 0.15) is 39.0 Å². The molecule has 3 N–H and O–H groups in total. The molecule has 0 bridgehead atoms. The number of aliphatic imine (C=N–C) groups is 1. The molecule has 0 aromatic rings. The van der Waals surface area contributed by atoms with Crippen molar-refractivity contribution in [3.05, 3.63) is 0 Å². The van der Waals surface area contributed by atoms with E-state index in [0.29, 0.717) is 0 Å². The molecule has 2 aliphatic rings. The van der Waals surface area contributed by atoms with Crippen molar-refractivity contribution in [2.45, 2.75) is 39.0 Å². The Bertz CT molecular complexity index is 309. The van der Waals surface area contributed by atoms with Gasteiger partial charge in [0.15, 0.2) is 5.96 Å². The average molecular weight is 282 g/mol. The first kappa shape index (κ1) is 15.6. The van der Waals surface area contributed by atoms with Crippen molar-refractivity contribution in [3.63, 3.8) is 0 Å². The maximum Gasteiger partial charge on any atom is 0.191 e. The van der Waals surface area contributed by atoms with Crippen LogP contribution in [0.3, 0.4) is 0 Å². The van der Waals surface area contributed by atoms with Gasteiger partial charge in [0.25, 0.3) is 0 Å². The van der Waals surface area contributed by atoms with Crippen LogP contribution in [0.25, 0.3) is 0 Å². The summed E-state index contributed by atoms with van der Waals surface area (Å²) < 4.78 is 0. The van der Waals surface area contributed by atoms with Crippen LogP contribution in [0.15, 0.2) is 4.99 Å². The van der Waals surface area contributed by atoms with Gasteiger partial charge in [-0.1, -0.05) is 6.42 Å². The van der Waals surface area contributed by atoms with E-state index in [4.69, 9.17) is 0 Å². The molecule has 0 unspecified atom stereocenters. The van der Waals surface area contributed by atoms with E-state index < -0.39 is 0 Å². The Hall–Kier alpha value is -0.810. The maximum atomic E-state index is 9.33. The molecule has 0 aromatic carbocycles. The summed E-state index contributed by atoms with van der Waals surface area (Å²) in [5.41, 5.74) is 0.0925. The molecule has 1 aliphatic heterocycles. The van der Waals surface area contributed by atoms with Crippen molar-refractivity contribution in [2.75, 3.05) is 45.9 Å². The summed E-state index contributed by atoms with van der Waals surface area (Å²) in [6, 6.07) is 0. The van der Waals surface area contributed by atoms with Crippen LogP contribution in [0, 0.1) is 5.41 Å². The number of likely N-dealkylation sites (tertiary alicyclic amines) is 1. The van der Waals surface area contributed by atoms with Crippen LogP contribution in [0.2, 0.25) is 0 Å². The second kappa shape index (κ2) is 7.84. The third-order valence-electron chi connectivity index (χ3n) is 4.38. The number of guanidine groups is 1. The fraction of sp³-hybridized carbons (Fsp3) is 0.933. The van der Waals surface area contributed by atoms with E-state index in [9.17, 15) is 5.11 Å². The van der Waals surface area contributed by atoms with E-state index in [2.05, 4.69) is 27.4 Å². The normalized spacial score (nSPS) is 22.6. The van der Waals surface area contributed by atoms with E-state index in [0.717, 1.165) is 45.0 Å². The van der Waals surface area contributed by atoms with Crippen LogP contribution >= 0.6 is 0 Å². The molecule has 5 heteroatoms. The van der Waals surface area contributed by atoms with Crippen molar-refractivity contribution >= 4 is 5.96 Å². The van der Waals surface area contributed by atoms with E-state index in [1.807, 2.05) is 0 Å². The van der Waals surface area contributed by atoms with Gasteiger partial charge in [0.2, 0.25) is 0 Å². The summed E-state index contributed by atoms with van der Waals surface area (Å²) in [5.74, 6) is 0.893. The smallest absolute Gasteiger partial charge is 0.191 e. The summed E-state index contributed by atoms with van der Waals surface area (Å²) in [6.07, 6.45) is 6.29. The molecular formula is C15H30N4O. The minimum Gasteiger partial charge on any atom is -0.396 e. The third-order valence-corrected chi connectivity index (χ3v) is 4.38. The molecule has 0 atom stereocenters. The number of rotatable bonds is 7. The third kappa shape index (κ3) is 4.94. The van der Waals surface area contributed by atoms with Gasteiger partial charge in [-0.05, 0) is 45.7 Å². The first-order valence-electron chi connectivity index (χ1n) is 8.13. The molecule has 1 saturated carbocycles. The Balaban J connectivity index is 1.69. The first-order valence-corrected chi connectivity index (χ1v) is 8.13. The van der Waals surface area contributed by atoms with E-state index in [1.54, 1.807) is 0 Å². The minimum atomic E-state index is 0.0925. The topological polar surface area (TPSA) is 59.9 Å². The molecule has 1 aliphatic carbocycles. The number of aliphatic hydroxyl groups excluding tert-OH is 1. The molecule has 20 heavy (non-hydrogen) atoms. The number of hydrogen-bond acceptors (Lipinski definition) is 3. The van der Waals surface area contributed by atoms with E-state index in [1.165, 1.54) is 32.4 Å². The van der Waals surface area contributed by atoms with Gasteiger partial charge in [-0.25, -0.2) is 0 Å². The molecule has 0 radical (unpaired) electrons. The van der Waals surface area contributed by atoms with Crippen LogP contribution < -0.4 is 10.6 Å². The molecular weight excluding hydrogens is 252 g/mol. The number of piperidine rings is 1. The summed E-state index contributed by atoms with van der Waals surface area (Å²) >= 11 is 0. The standard InChI is InChI=1S/C15H30N4O/c1-2-16-14(18-12-15(13-20)6-7-15)17-8-11-19-9-4-3-5-10-19/h20H,2-13H2,1H3,(H2,16,17,18). The molecule has 5 nitrogen and oxygen atoms in total. The van der Waals surface area contributed by atoms with Gasteiger partial charge in [0.1, 0.15) is 0 Å². The van der Waals surface area contributed by atoms with Gasteiger partial charge in [-0.2, -0.15) is 0 Å². The second-order valence-electron chi connectivity index (χ2n) is 6.18. The number of aliphatic hydroxyl groups is 1. The Kier molecular flexibility index (Phi) is 6.10. The zero-order valence-corrected chi connectivity index (χ0v) is 12.8. The highest BCUT2D eigenvalue weighted by Crippen LogP contribution is 2.45. The van der Waals surface area contributed by atoms with Crippen LogP contribution in [0.5, 0.6) is 0 Å². The van der Waals surface area contributed by atoms with Crippen molar-refractivity contribution < 1.29 is 5.11 Å². The molecule has 2 fully saturated rings. The van der Waals surface area contributed by atoms with Crippen molar-refractivity contribution in [3.8, 4) is 0 Å². The van der Waals surface area contributed by atoms with Gasteiger partial charge >= 0.3 is 0 Å². The predicted molar refractivity (Wildman–Crippen MR) is 83.0 cm³/mol. The lowest BCUT2D eigenvalue weighted by molar-refractivity contribution is 0.216. The fourth-order valence-corrected chi connectivity index (χ4v) is 2.65. The highest BCUT2D eigenvalue weighted by molar-refractivity contribution is 5.79. The van der Waals surface area contributed by atoms with Crippen LogP contribution in [0.4, 0.5) is 0 Å². The lowest BCUT2D eigenvalue weighted by Gasteiger charge is -2.26. The van der Waals surface area contributed by atoms with Crippen LogP contribution in [-0.4, -0.2) is 61.8 Å². The van der Waals surface area contributed by atoms with E-state index >= 15 is 0 Å². The minimum absolute atomic E-state index is 0.0925. The lowest BCUT2D eigenvalue weighted by Crippen LogP contribution is -2.43. The zero-order valence-electron chi connectivity index (χ0n) is 12.8. The van der Waals surface area contributed by atoms with Gasteiger partial charge in [-0.3, -0.25) is 4.99 Å². The zero-order chi connectivity index (χ0) is 14.3. The quantitative estimate of drug-likeness (QED) is 0.477. The molecule has 0 spiro atoms. The van der Waals surface area contributed by atoms with Crippen molar-refractivity contribution in [2.24, 2.45) is 10.4 Å². The summed E-state index contributed by atoms with van der Waals surface area (Å²) in [5, 5.41) is 16.0. The molecule has 0 amide bonds.